The summed E-state index contributed by atoms with van der Waals surface area (Å²) in [5, 5.41) is 18.0. The summed E-state index contributed by atoms with van der Waals surface area (Å²) >= 11 is 0. The number of hydrogen-bond donors (Lipinski definition) is 1. The van der Waals surface area contributed by atoms with Crippen LogP contribution in [0.1, 0.15) is 45.4 Å². The van der Waals surface area contributed by atoms with Crippen LogP contribution < -0.4 is 5.32 Å². The van der Waals surface area contributed by atoms with Crippen molar-refractivity contribution in [3.8, 4) is 0 Å². The summed E-state index contributed by atoms with van der Waals surface area (Å²) < 4.78 is 18.1. The maximum absolute atomic E-state index is 12.1. The summed E-state index contributed by atoms with van der Waals surface area (Å²) in [7, 11) is 3.20. The van der Waals surface area contributed by atoms with E-state index in [2.05, 4.69) is 10.4 Å². The normalized spacial score (nSPS) is 24.0. The second-order valence-electron chi connectivity index (χ2n) is 7.22. The van der Waals surface area contributed by atoms with Gasteiger partial charge in [0, 0.05) is 14.2 Å². The van der Waals surface area contributed by atoms with E-state index in [9.17, 15) is 14.9 Å². The van der Waals surface area contributed by atoms with Crippen molar-refractivity contribution in [1.29, 1.82) is 0 Å². The molecular formula is C16H26N4O6. The summed E-state index contributed by atoms with van der Waals surface area (Å²) in [5.41, 5.74) is -0.288. The highest BCUT2D eigenvalue weighted by atomic mass is 16.6. The van der Waals surface area contributed by atoms with Crippen LogP contribution in [-0.4, -0.2) is 52.3 Å². The monoisotopic (exact) mass is 370 g/mol. The summed E-state index contributed by atoms with van der Waals surface area (Å²) in [6.45, 7) is 5.48. The molecule has 3 atom stereocenters. The number of aryl methyl sites for hydroxylation is 1. The molecule has 10 nitrogen and oxygen atoms in total. The molecule has 0 radical (unpaired) electrons. The van der Waals surface area contributed by atoms with E-state index in [0.717, 1.165) is 0 Å². The third-order valence-corrected chi connectivity index (χ3v) is 4.11. The smallest absolute Gasteiger partial charge is 0.408 e. The Morgan fingerprint density at radius 3 is 2.73 bits per heavy atom. The zero-order valence-electron chi connectivity index (χ0n) is 15.7. The van der Waals surface area contributed by atoms with Crippen LogP contribution >= 0.6 is 0 Å². The molecule has 1 saturated heterocycles. The molecule has 10 heteroatoms. The van der Waals surface area contributed by atoms with E-state index in [-0.39, 0.29) is 18.4 Å². The Bertz CT molecular complexity index is 654. The average molecular weight is 370 g/mol. The number of hydrogen-bond acceptors (Lipinski definition) is 7. The topological polar surface area (TPSA) is 118 Å². The molecule has 146 valence electrons. The zero-order valence-corrected chi connectivity index (χ0v) is 15.7. The van der Waals surface area contributed by atoms with Gasteiger partial charge in [-0.3, -0.25) is 14.8 Å². The molecule has 0 saturated carbocycles. The van der Waals surface area contributed by atoms with Crippen LogP contribution in [0.25, 0.3) is 0 Å². The van der Waals surface area contributed by atoms with Crippen LogP contribution in [0.2, 0.25) is 0 Å². The fourth-order valence-electron chi connectivity index (χ4n) is 2.97. The number of amides is 1. The van der Waals surface area contributed by atoms with Crippen molar-refractivity contribution in [2.24, 2.45) is 7.05 Å². The molecule has 0 bridgehead atoms. The van der Waals surface area contributed by atoms with Crippen LogP contribution in [0.15, 0.2) is 6.20 Å². The lowest BCUT2D eigenvalue weighted by Crippen LogP contribution is -2.47. The fourth-order valence-corrected chi connectivity index (χ4v) is 2.97. The second kappa shape index (κ2) is 8.00. The first-order chi connectivity index (χ1) is 12.1. The molecule has 1 aromatic rings. The summed E-state index contributed by atoms with van der Waals surface area (Å²) in [4.78, 5) is 22.8. The highest BCUT2D eigenvalue weighted by Gasteiger charge is 2.35. The van der Waals surface area contributed by atoms with Crippen molar-refractivity contribution < 1.29 is 23.9 Å². The van der Waals surface area contributed by atoms with Crippen LogP contribution in [0, 0.1) is 10.1 Å². The number of aromatic nitrogens is 2. The first kappa shape index (κ1) is 20.1. The molecule has 1 aliphatic rings. The summed E-state index contributed by atoms with van der Waals surface area (Å²) in [6, 6.07) is -0.424. The van der Waals surface area contributed by atoms with Crippen molar-refractivity contribution in [2.75, 3.05) is 13.7 Å². The van der Waals surface area contributed by atoms with E-state index < -0.39 is 28.8 Å². The molecule has 1 aromatic heterocycles. The van der Waals surface area contributed by atoms with Gasteiger partial charge in [0.2, 0.25) is 0 Å². The van der Waals surface area contributed by atoms with E-state index >= 15 is 0 Å². The number of rotatable bonds is 4. The van der Waals surface area contributed by atoms with Gasteiger partial charge in [-0.15, -0.1) is 0 Å². The predicted octanol–water partition coefficient (Wildman–Crippen LogP) is 2.09. The van der Waals surface area contributed by atoms with E-state index in [1.165, 1.54) is 10.9 Å². The van der Waals surface area contributed by atoms with Gasteiger partial charge in [-0.2, -0.15) is 5.10 Å². The zero-order chi connectivity index (χ0) is 19.5. The Labute approximate surface area is 151 Å². The molecule has 1 amide bonds. The third-order valence-electron chi connectivity index (χ3n) is 4.11. The Morgan fingerprint density at radius 2 is 2.15 bits per heavy atom. The molecule has 1 unspecified atom stereocenters. The molecule has 1 aliphatic heterocycles. The largest absolute Gasteiger partial charge is 0.444 e. The maximum Gasteiger partial charge on any atom is 0.408 e. The maximum atomic E-state index is 12.1. The predicted molar refractivity (Wildman–Crippen MR) is 91.7 cm³/mol. The molecule has 1 N–H and O–H groups in total. The molecule has 0 aromatic carbocycles. The van der Waals surface area contributed by atoms with Gasteiger partial charge in [0.1, 0.15) is 23.6 Å². The number of carbonyl (C=O) groups is 1. The van der Waals surface area contributed by atoms with Crippen LogP contribution in [0.5, 0.6) is 0 Å². The Kier molecular flexibility index (Phi) is 6.19. The number of nitro groups is 1. The first-order valence-corrected chi connectivity index (χ1v) is 8.42. The molecule has 1 fully saturated rings. The second-order valence-corrected chi connectivity index (χ2v) is 7.22. The SMILES string of the molecule is CO[C@H]1CCC(c2c([N+](=O)[O-])cnn2C)OC[C@@H]1NC(=O)OC(C)(C)C. The molecule has 2 heterocycles. The summed E-state index contributed by atoms with van der Waals surface area (Å²) in [5.74, 6) is 0. The van der Waals surface area contributed by atoms with Crippen molar-refractivity contribution in [1.82, 2.24) is 15.1 Å². The van der Waals surface area contributed by atoms with E-state index in [1.54, 1.807) is 34.9 Å². The van der Waals surface area contributed by atoms with E-state index in [4.69, 9.17) is 14.2 Å². The molecule has 26 heavy (non-hydrogen) atoms. The minimum atomic E-state index is -0.615. The van der Waals surface area contributed by atoms with Crippen molar-refractivity contribution >= 4 is 11.8 Å². The van der Waals surface area contributed by atoms with Crippen molar-refractivity contribution in [3.63, 3.8) is 0 Å². The number of ether oxygens (including phenoxy) is 3. The highest BCUT2D eigenvalue weighted by molar-refractivity contribution is 5.68. The van der Waals surface area contributed by atoms with Gasteiger partial charge < -0.3 is 19.5 Å². The number of carbonyl (C=O) groups excluding carboxylic acids is 1. The number of nitrogens with zero attached hydrogens (tertiary/aromatic N) is 3. The summed E-state index contributed by atoms with van der Waals surface area (Å²) in [6.07, 6.45) is 0.923. The van der Waals surface area contributed by atoms with Crippen LogP contribution in [0.3, 0.4) is 0 Å². The number of nitrogens with one attached hydrogen (secondary N) is 1. The number of methoxy groups -OCH3 is 1. The molecular weight excluding hydrogens is 344 g/mol. The third kappa shape index (κ3) is 4.92. The van der Waals surface area contributed by atoms with Gasteiger partial charge in [-0.05, 0) is 33.6 Å². The van der Waals surface area contributed by atoms with Crippen LogP contribution in [-0.2, 0) is 21.3 Å². The van der Waals surface area contributed by atoms with Gasteiger partial charge in [0.25, 0.3) is 0 Å². The first-order valence-electron chi connectivity index (χ1n) is 8.42. The lowest BCUT2D eigenvalue weighted by atomic mass is 10.0. The molecule has 2 rings (SSSR count). The van der Waals surface area contributed by atoms with Crippen molar-refractivity contribution in [2.45, 2.75) is 57.5 Å². The number of alkyl carbamates (subject to hydrolysis) is 1. The Hall–Kier alpha value is -2.20. The fraction of sp³-hybridized carbons (Fsp3) is 0.750. The molecule has 0 aliphatic carbocycles. The van der Waals surface area contributed by atoms with Gasteiger partial charge in [0.15, 0.2) is 0 Å². The van der Waals surface area contributed by atoms with Crippen molar-refractivity contribution in [3.05, 3.63) is 22.0 Å². The van der Waals surface area contributed by atoms with Gasteiger partial charge in [-0.1, -0.05) is 0 Å². The van der Waals surface area contributed by atoms with Gasteiger partial charge in [0.05, 0.1) is 23.7 Å². The average Bonchev–Trinajstić information content (AvgIpc) is 2.79. The Morgan fingerprint density at radius 1 is 1.46 bits per heavy atom. The highest BCUT2D eigenvalue weighted by Crippen LogP contribution is 2.33. The van der Waals surface area contributed by atoms with E-state index in [1.807, 2.05) is 0 Å². The standard InChI is InChI=1S/C16H26N4O6/c1-16(2,3)26-15(21)18-10-9-25-13(7-6-12(10)24-5)14-11(20(22)23)8-17-19(14)4/h8,10,12-13H,6-7,9H2,1-5H3,(H,18,21)/t10-,12-,13?/m0/s1. The lowest BCUT2D eigenvalue weighted by molar-refractivity contribution is -0.386. The van der Waals surface area contributed by atoms with Gasteiger partial charge >= 0.3 is 11.8 Å². The lowest BCUT2D eigenvalue weighted by Gasteiger charge is -2.26. The van der Waals surface area contributed by atoms with Gasteiger partial charge in [-0.25, -0.2) is 4.79 Å². The van der Waals surface area contributed by atoms with Crippen LogP contribution in [0.4, 0.5) is 10.5 Å². The Balaban J connectivity index is 2.12. The quantitative estimate of drug-likeness (QED) is 0.637. The minimum absolute atomic E-state index is 0.0787. The van der Waals surface area contributed by atoms with E-state index in [0.29, 0.717) is 18.5 Å². The minimum Gasteiger partial charge on any atom is -0.444 e. The molecule has 0 spiro atoms.